The van der Waals surface area contributed by atoms with Gasteiger partial charge in [0, 0.05) is 22.3 Å². The van der Waals surface area contributed by atoms with Crippen LogP contribution < -0.4 is 5.32 Å². The predicted molar refractivity (Wildman–Crippen MR) is 124 cm³/mol. The van der Waals surface area contributed by atoms with E-state index in [4.69, 9.17) is 21.1 Å². The van der Waals surface area contributed by atoms with E-state index in [1.165, 1.54) is 18.2 Å². The molecule has 0 spiro atoms. The number of rotatable bonds is 6. The molecule has 0 unspecified atom stereocenters. The number of furan rings is 1. The minimum Gasteiger partial charge on any atom is -0.478 e. The number of nitrogens with zero attached hydrogens (tertiary/aromatic N) is 1. The fourth-order valence-corrected chi connectivity index (χ4v) is 4.08. The van der Waals surface area contributed by atoms with E-state index in [0.29, 0.717) is 39.6 Å². The number of imide groups is 1. The molecule has 4 rings (SSSR count). The lowest BCUT2D eigenvalue weighted by Gasteiger charge is -2.12. The highest BCUT2D eigenvalue weighted by atomic mass is 35.5. The highest BCUT2D eigenvalue weighted by Gasteiger charge is 2.36. The summed E-state index contributed by atoms with van der Waals surface area (Å²) in [5.41, 5.74) is 1.12. The maximum Gasteiger partial charge on any atom is 0.335 e. The summed E-state index contributed by atoms with van der Waals surface area (Å²) in [5, 5.41) is 11.6. The van der Waals surface area contributed by atoms with Gasteiger partial charge < -0.3 is 14.8 Å². The van der Waals surface area contributed by atoms with Gasteiger partial charge in [-0.2, -0.15) is 0 Å². The van der Waals surface area contributed by atoms with Crippen molar-refractivity contribution in [1.29, 1.82) is 0 Å². The fraction of sp³-hybridized carbons (Fsp3) is 0.0435. The van der Waals surface area contributed by atoms with Crippen molar-refractivity contribution in [3.8, 4) is 11.3 Å². The smallest absolute Gasteiger partial charge is 0.335 e. The largest absolute Gasteiger partial charge is 0.478 e. The number of hydrogen-bond donors (Lipinski definition) is 2. The summed E-state index contributed by atoms with van der Waals surface area (Å²) in [4.78, 5) is 49.4. The van der Waals surface area contributed by atoms with Crippen LogP contribution in [0.1, 0.15) is 16.1 Å². The third-order valence-electron chi connectivity index (χ3n) is 4.58. The summed E-state index contributed by atoms with van der Waals surface area (Å²) in [6.45, 7) is -0.445. The van der Waals surface area contributed by atoms with E-state index in [2.05, 4.69) is 5.32 Å². The highest BCUT2D eigenvalue weighted by molar-refractivity contribution is 8.18. The van der Waals surface area contributed by atoms with Crippen LogP contribution in [0, 0.1) is 0 Å². The normalized spacial score (nSPS) is 14.7. The molecule has 2 aromatic carbocycles. The van der Waals surface area contributed by atoms with Crippen LogP contribution >= 0.6 is 23.4 Å². The molecule has 0 bridgehead atoms. The van der Waals surface area contributed by atoms with Crippen LogP contribution in [0.5, 0.6) is 0 Å². The van der Waals surface area contributed by atoms with E-state index in [9.17, 15) is 19.2 Å². The van der Waals surface area contributed by atoms with Crippen molar-refractivity contribution in [2.75, 3.05) is 11.9 Å². The Balaban J connectivity index is 1.46. The Morgan fingerprint density at radius 3 is 2.64 bits per heavy atom. The van der Waals surface area contributed by atoms with E-state index < -0.39 is 29.6 Å². The molecule has 1 aliphatic heterocycles. The minimum atomic E-state index is -1.06. The van der Waals surface area contributed by atoms with Gasteiger partial charge in [-0.3, -0.25) is 19.3 Å². The number of carboxylic acid groups (broad SMARTS) is 1. The zero-order valence-corrected chi connectivity index (χ0v) is 18.4. The Labute approximate surface area is 196 Å². The van der Waals surface area contributed by atoms with Crippen LogP contribution in [0.25, 0.3) is 17.4 Å². The molecule has 0 radical (unpaired) electrons. The second kappa shape index (κ2) is 9.35. The van der Waals surface area contributed by atoms with E-state index in [1.54, 1.807) is 48.5 Å². The van der Waals surface area contributed by atoms with Crippen molar-refractivity contribution in [3.63, 3.8) is 0 Å². The Morgan fingerprint density at radius 2 is 1.88 bits per heavy atom. The number of halogens is 1. The lowest BCUT2D eigenvalue weighted by molar-refractivity contribution is -0.127. The van der Waals surface area contributed by atoms with E-state index in [0.717, 1.165) is 4.90 Å². The number of nitrogens with one attached hydrogen (secondary N) is 1. The van der Waals surface area contributed by atoms with Gasteiger partial charge in [-0.25, -0.2) is 4.79 Å². The molecule has 8 nitrogen and oxygen atoms in total. The average Bonchev–Trinajstić information content (AvgIpc) is 3.34. The molecule has 33 heavy (non-hydrogen) atoms. The minimum absolute atomic E-state index is 0.107. The molecule has 3 aromatic rings. The standard InChI is InChI=1S/C23H15ClN2O6S/c24-15-5-2-6-16(10-15)25-20(27)12-26-21(28)19(33-23(26)31)11-17-7-8-18(32-17)13-3-1-4-14(9-13)22(29)30/h1-11H,12H2,(H,25,27)(H,29,30)/b19-11+. The van der Waals surface area contributed by atoms with Gasteiger partial charge in [-0.1, -0.05) is 29.8 Å². The summed E-state index contributed by atoms with van der Waals surface area (Å²) in [7, 11) is 0. The summed E-state index contributed by atoms with van der Waals surface area (Å²) < 4.78 is 5.70. The number of aromatic carboxylic acids is 1. The summed E-state index contributed by atoms with van der Waals surface area (Å²) in [6.07, 6.45) is 1.41. The molecule has 1 aliphatic rings. The molecule has 0 saturated carbocycles. The zero-order chi connectivity index (χ0) is 23.5. The van der Waals surface area contributed by atoms with Gasteiger partial charge >= 0.3 is 5.97 Å². The number of carbonyl (C=O) groups excluding carboxylic acids is 3. The van der Waals surface area contributed by atoms with Gasteiger partial charge in [-0.05, 0) is 54.2 Å². The first kappa shape index (κ1) is 22.4. The van der Waals surface area contributed by atoms with Crippen molar-refractivity contribution in [2.45, 2.75) is 0 Å². The topological polar surface area (TPSA) is 117 Å². The number of carboxylic acids is 1. The molecule has 166 valence electrons. The van der Waals surface area contributed by atoms with Crippen LogP contribution in [-0.4, -0.2) is 39.6 Å². The van der Waals surface area contributed by atoms with Crippen molar-refractivity contribution in [1.82, 2.24) is 4.90 Å². The summed E-state index contributed by atoms with van der Waals surface area (Å²) in [5.74, 6) is -1.50. The van der Waals surface area contributed by atoms with Crippen molar-refractivity contribution in [3.05, 3.63) is 81.9 Å². The van der Waals surface area contributed by atoms with Gasteiger partial charge in [0.2, 0.25) is 5.91 Å². The molecule has 3 amide bonds. The second-order valence-electron chi connectivity index (χ2n) is 6.91. The molecule has 0 atom stereocenters. The van der Waals surface area contributed by atoms with Gasteiger partial charge in [0.25, 0.3) is 11.1 Å². The van der Waals surface area contributed by atoms with Gasteiger partial charge in [0.15, 0.2) is 0 Å². The van der Waals surface area contributed by atoms with E-state index in [-0.39, 0.29) is 10.5 Å². The SMILES string of the molecule is O=C(CN1C(=O)S/C(=C/c2ccc(-c3cccc(C(=O)O)c3)o2)C1=O)Nc1cccc(Cl)c1. The summed E-state index contributed by atoms with van der Waals surface area (Å²) >= 11 is 6.59. The van der Waals surface area contributed by atoms with Gasteiger partial charge in [-0.15, -0.1) is 0 Å². The fourth-order valence-electron chi connectivity index (χ4n) is 3.07. The van der Waals surface area contributed by atoms with Crippen LogP contribution in [0.2, 0.25) is 5.02 Å². The Morgan fingerprint density at radius 1 is 1.09 bits per heavy atom. The first-order valence-electron chi connectivity index (χ1n) is 9.54. The maximum atomic E-state index is 12.7. The lowest BCUT2D eigenvalue weighted by atomic mass is 10.1. The number of amides is 3. The third-order valence-corrected chi connectivity index (χ3v) is 5.72. The van der Waals surface area contributed by atoms with Crippen LogP contribution in [-0.2, 0) is 9.59 Å². The Bertz CT molecular complexity index is 1320. The molecule has 1 saturated heterocycles. The first-order chi connectivity index (χ1) is 15.8. The summed E-state index contributed by atoms with van der Waals surface area (Å²) in [6, 6.07) is 16.0. The van der Waals surface area contributed by atoms with Crippen molar-refractivity contribution < 1.29 is 28.7 Å². The molecule has 0 aliphatic carbocycles. The second-order valence-corrected chi connectivity index (χ2v) is 8.34. The quantitative estimate of drug-likeness (QED) is 0.476. The molecule has 2 N–H and O–H groups in total. The van der Waals surface area contributed by atoms with E-state index in [1.807, 2.05) is 0 Å². The number of benzene rings is 2. The zero-order valence-electron chi connectivity index (χ0n) is 16.8. The third kappa shape index (κ3) is 5.16. The van der Waals surface area contributed by atoms with Crippen molar-refractivity contribution >= 4 is 58.1 Å². The Kier molecular flexibility index (Phi) is 6.34. The number of anilines is 1. The maximum absolute atomic E-state index is 12.7. The highest BCUT2D eigenvalue weighted by Crippen LogP contribution is 2.33. The number of hydrogen-bond acceptors (Lipinski definition) is 6. The molecule has 1 fully saturated rings. The molecule has 10 heteroatoms. The molecular formula is C23H15ClN2O6S. The number of carbonyl (C=O) groups is 4. The van der Waals surface area contributed by atoms with Crippen LogP contribution in [0.3, 0.4) is 0 Å². The van der Waals surface area contributed by atoms with E-state index >= 15 is 0 Å². The molecule has 1 aromatic heterocycles. The number of thioether (sulfide) groups is 1. The first-order valence-corrected chi connectivity index (χ1v) is 10.7. The predicted octanol–water partition coefficient (Wildman–Crippen LogP) is 4.97. The Hall–Kier alpha value is -3.82. The van der Waals surface area contributed by atoms with Crippen LogP contribution in [0.15, 0.2) is 70.0 Å². The van der Waals surface area contributed by atoms with Gasteiger partial charge in [0.1, 0.15) is 18.1 Å². The monoisotopic (exact) mass is 482 g/mol. The average molecular weight is 483 g/mol. The molecular weight excluding hydrogens is 468 g/mol. The van der Waals surface area contributed by atoms with Crippen LogP contribution in [0.4, 0.5) is 10.5 Å². The molecule has 2 heterocycles. The lowest BCUT2D eigenvalue weighted by Crippen LogP contribution is -2.36. The van der Waals surface area contributed by atoms with Gasteiger partial charge in [0.05, 0.1) is 10.5 Å². The van der Waals surface area contributed by atoms with Crippen molar-refractivity contribution in [2.24, 2.45) is 0 Å².